The summed E-state index contributed by atoms with van der Waals surface area (Å²) in [6, 6.07) is 1.47. The highest BCUT2D eigenvalue weighted by molar-refractivity contribution is 7.85. The number of nitrogen functional groups attached to an aromatic ring is 1. The summed E-state index contributed by atoms with van der Waals surface area (Å²) in [4.78, 5) is 8.88. The Kier molecular flexibility index (Phi) is 2.84. The fourth-order valence-electron chi connectivity index (χ4n) is 0.886. The predicted octanol–water partition coefficient (Wildman–Crippen LogP) is 1.08. The van der Waals surface area contributed by atoms with Crippen molar-refractivity contribution < 1.29 is 17.9 Å². The molecule has 0 spiro atoms. The van der Waals surface area contributed by atoms with Gasteiger partial charge in [0.25, 0.3) is 15.8 Å². The van der Waals surface area contributed by atoms with Crippen LogP contribution in [0.5, 0.6) is 0 Å². The van der Waals surface area contributed by atoms with Crippen LogP contribution in [-0.4, -0.2) is 17.9 Å². The monoisotopic (exact) mass is 252 g/mol. The van der Waals surface area contributed by atoms with Crippen LogP contribution < -0.4 is 5.73 Å². The van der Waals surface area contributed by atoms with E-state index >= 15 is 0 Å². The standard InChI is InChI=1S/C6H5ClN2O5S/c7-6-4(8)1-3(15(12,13)14)2-5(6)9(10)11/h1-2H,8H2,(H,12,13,14). The van der Waals surface area contributed by atoms with E-state index in [-0.39, 0.29) is 10.7 Å². The van der Waals surface area contributed by atoms with Crippen molar-refractivity contribution in [2.24, 2.45) is 0 Å². The molecule has 0 heterocycles. The second kappa shape index (κ2) is 3.65. The molecule has 0 bridgehead atoms. The van der Waals surface area contributed by atoms with E-state index < -0.39 is 25.6 Å². The minimum atomic E-state index is -4.54. The zero-order chi connectivity index (χ0) is 11.8. The van der Waals surface area contributed by atoms with Gasteiger partial charge in [0.2, 0.25) is 0 Å². The summed E-state index contributed by atoms with van der Waals surface area (Å²) in [5, 5.41) is 10.1. The van der Waals surface area contributed by atoms with Gasteiger partial charge in [0.15, 0.2) is 0 Å². The molecule has 0 amide bonds. The van der Waals surface area contributed by atoms with Gasteiger partial charge in [-0.2, -0.15) is 8.42 Å². The molecule has 0 atom stereocenters. The van der Waals surface area contributed by atoms with E-state index in [2.05, 4.69) is 0 Å². The molecule has 0 unspecified atom stereocenters. The maximum absolute atomic E-state index is 10.7. The van der Waals surface area contributed by atoms with Crippen LogP contribution in [0, 0.1) is 10.1 Å². The lowest BCUT2D eigenvalue weighted by atomic mass is 10.3. The Labute approximate surface area is 89.4 Å². The first-order valence-electron chi connectivity index (χ1n) is 3.44. The summed E-state index contributed by atoms with van der Waals surface area (Å²) in [5.74, 6) is 0. The Morgan fingerprint density at radius 2 is 2.00 bits per heavy atom. The summed E-state index contributed by atoms with van der Waals surface area (Å²) in [6.45, 7) is 0. The lowest BCUT2D eigenvalue weighted by Gasteiger charge is -2.02. The number of nitro benzene ring substituents is 1. The summed E-state index contributed by atoms with van der Waals surface area (Å²) in [7, 11) is -4.54. The molecule has 0 saturated carbocycles. The highest BCUT2D eigenvalue weighted by Gasteiger charge is 2.21. The van der Waals surface area contributed by atoms with Crippen LogP contribution in [0.15, 0.2) is 17.0 Å². The fourth-order valence-corrected chi connectivity index (χ4v) is 1.60. The number of nitro groups is 1. The molecule has 9 heteroatoms. The minimum absolute atomic E-state index is 0.293. The third-order valence-electron chi connectivity index (χ3n) is 1.55. The van der Waals surface area contributed by atoms with Gasteiger partial charge in [-0.3, -0.25) is 14.7 Å². The van der Waals surface area contributed by atoms with Crippen molar-refractivity contribution in [3.63, 3.8) is 0 Å². The number of benzene rings is 1. The van der Waals surface area contributed by atoms with Crippen LogP contribution in [0.4, 0.5) is 11.4 Å². The lowest BCUT2D eigenvalue weighted by molar-refractivity contribution is -0.384. The minimum Gasteiger partial charge on any atom is -0.397 e. The molecule has 7 nitrogen and oxygen atoms in total. The second-order valence-corrected chi connectivity index (χ2v) is 4.38. The highest BCUT2D eigenvalue weighted by atomic mass is 35.5. The second-order valence-electron chi connectivity index (χ2n) is 2.58. The summed E-state index contributed by atoms with van der Waals surface area (Å²) in [5.41, 5.74) is 4.27. The molecule has 0 aliphatic carbocycles. The van der Waals surface area contributed by atoms with Crippen LogP contribution in [0.1, 0.15) is 0 Å². The van der Waals surface area contributed by atoms with E-state index in [1.54, 1.807) is 0 Å². The van der Waals surface area contributed by atoms with Crippen LogP contribution in [-0.2, 0) is 10.1 Å². The van der Waals surface area contributed by atoms with Crippen LogP contribution in [0.3, 0.4) is 0 Å². The first kappa shape index (κ1) is 11.7. The molecule has 0 fully saturated rings. The SMILES string of the molecule is Nc1cc(S(=O)(=O)O)cc([N+](=O)[O-])c1Cl. The smallest absolute Gasteiger partial charge is 0.294 e. The Morgan fingerprint density at radius 1 is 1.47 bits per heavy atom. The zero-order valence-corrected chi connectivity index (χ0v) is 8.62. The molecule has 82 valence electrons. The molecule has 0 aliphatic heterocycles. The Hall–Kier alpha value is -1.38. The van der Waals surface area contributed by atoms with Gasteiger partial charge in [-0.05, 0) is 6.07 Å². The van der Waals surface area contributed by atoms with Crippen molar-refractivity contribution in [3.05, 3.63) is 27.3 Å². The first-order chi connectivity index (χ1) is 6.73. The first-order valence-corrected chi connectivity index (χ1v) is 5.26. The molecular weight excluding hydrogens is 248 g/mol. The number of hydrogen-bond acceptors (Lipinski definition) is 5. The van der Waals surface area contributed by atoms with Crippen LogP contribution >= 0.6 is 11.6 Å². The molecular formula is C6H5ClN2O5S. The molecule has 3 N–H and O–H groups in total. The third-order valence-corrected chi connectivity index (χ3v) is 2.79. The van der Waals surface area contributed by atoms with Gasteiger partial charge in [-0.25, -0.2) is 0 Å². The van der Waals surface area contributed by atoms with Crippen molar-refractivity contribution in [1.29, 1.82) is 0 Å². The van der Waals surface area contributed by atoms with Crippen molar-refractivity contribution in [1.82, 2.24) is 0 Å². The van der Waals surface area contributed by atoms with Gasteiger partial charge >= 0.3 is 0 Å². The van der Waals surface area contributed by atoms with E-state index in [1.807, 2.05) is 0 Å². The Balaban J connectivity index is 3.57. The van der Waals surface area contributed by atoms with Gasteiger partial charge in [0, 0.05) is 6.07 Å². The van der Waals surface area contributed by atoms with Crippen LogP contribution in [0.25, 0.3) is 0 Å². The van der Waals surface area contributed by atoms with Gasteiger partial charge in [-0.15, -0.1) is 0 Å². The topological polar surface area (TPSA) is 124 Å². The van der Waals surface area contributed by atoms with Crippen molar-refractivity contribution in [2.45, 2.75) is 4.90 Å². The summed E-state index contributed by atoms with van der Waals surface area (Å²) in [6.07, 6.45) is 0. The van der Waals surface area contributed by atoms with Gasteiger partial charge in [-0.1, -0.05) is 11.6 Å². The van der Waals surface area contributed by atoms with E-state index in [9.17, 15) is 18.5 Å². The summed E-state index contributed by atoms with van der Waals surface area (Å²) < 4.78 is 30.1. The maximum atomic E-state index is 10.7. The molecule has 0 aliphatic rings. The summed E-state index contributed by atoms with van der Waals surface area (Å²) >= 11 is 5.47. The maximum Gasteiger partial charge on any atom is 0.294 e. The molecule has 1 aromatic rings. The Morgan fingerprint density at radius 3 is 2.40 bits per heavy atom. The van der Waals surface area contributed by atoms with Crippen molar-refractivity contribution in [3.8, 4) is 0 Å². The van der Waals surface area contributed by atoms with Crippen molar-refractivity contribution >= 4 is 33.1 Å². The van der Waals surface area contributed by atoms with Crippen molar-refractivity contribution in [2.75, 3.05) is 5.73 Å². The third kappa shape index (κ3) is 2.35. The highest BCUT2D eigenvalue weighted by Crippen LogP contribution is 2.32. The quantitative estimate of drug-likeness (QED) is 0.351. The number of nitrogens with zero attached hydrogens (tertiary/aromatic N) is 1. The predicted molar refractivity (Wildman–Crippen MR) is 52.3 cm³/mol. The fraction of sp³-hybridized carbons (Fsp3) is 0. The number of nitrogens with two attached hydrogens (primary N) is 1. The van der Waals surface area contributed by atoms with E-state index in [0.717, 1.165) is 6.07 Å². The van der Waals surface area contributed by atoms with E-state index in [1.165, 1.54) is 0 Å². The average molecular weight is 253 g/mol. The van der Waals surface area contributed by atoms with Gasteiger partial charge in [0.1, 0.15) is 9.92 Å². The number of anilines is 1. The Bertz CT molecular complexity index is 527. The lowest BCUT2D eigenvalue weighted by Crippen LogP contribution is -2.02. The normalized spacial score (nSPS) is 11.3. The van der Waals surface area contributed by atoms with E-state index in [0.29, 0.717) is 6.07 Å². The van der Waals surface area contributed by atoms with Crippen LogP contribution in [0.2, 0.25) is 5.02 Å². The molecule has 15 heavy (non-hydrogen) atoms. The number of halogens is 1. The molecule has 1 aromatic carbocycles. The van der Waals surface area contributed by atoms with Gasteiger partial charge in [0.05, 0.1) is 10.6 Å². The molecule has 0 aromatic heterocycles. The zero-order valence-electron chi connectivity index (χ0n) is 7.05. The largest absolute Gasteiger partial charge is 0.397 e. The average Bonchev–Trinajstić information content (AvgIpc) is 2.06. The number of hydrogen-bond donors (Lipinski definition) is 2. The molecule has 1 rings (SSSR count). The van der Waals surface area contributed by atoms with E-state index in [4.69, 9.17) is 21.9 Å². The number of rotatable bonds is 2. The van der Waals surface area contributed by atoms with Gasteiger partial charge < -0.3 is 5.73 Å². The molecule has 0 radical (unpaired) electrons. The molecule has 0 saturated heterocycles.